The molecule has 2 nitrogen and oxygen atoms in total. The Morgan fingerprint density at radius 2 is 2.07 bits per heavy atom. The number of likely N-dealkylation sites (tertiary alicyclic amines) is 1. The summed E-state index contributed by atoms with van der Waals surface area (Å²) in [7, 11) is 2.11. The van der Waals surface area contributed by atoms with E-state index in [1.807, 2.05) is 20.8 Å². The van der Waals surface area contributed by atoms with E-state index in [0.717, 1.165) is 6.54 Å². The molecule has 0 saturated carbocycles. The van der Waals surface area contributed by atoms with E-state index >= 15 is 0 Å². The molecule has 0 aromatic rings. The number of carbonyl (C=O) groups excluding carboxylic acids is 1. The summed E-state index contributed by atoms with van der Waals surface area (Å²) in [6.07, 6.45) is 6.24. The predicted molar refractivity (Wildman–Crippen MR) is 59.3 cm³/mol. The number of likely N-dealkylation sites (N-methyl/N-ethyl adjacent to an activating group) is 1. The molecule has 0 spiro atoms. The van der Waals surface area contributed by atoms with E-state index in [4.69, 9.17) is 0 Å². The van der Waals surface area contributed by atoms with E-state index in [9.17, 15) is 4.79 Å². The van der Waals surface area contributed by atoms with Crippen molar-refractivity contribution >= 4 is 5.78 Å². The molecule has 1 unspecified atom stereocenters. The van der Waals surface area contributed by atoms with Gasteiger partial charge in [-0.2, -0.15) is 0 Å². The van der Waals surface area contributed by atoms with Gasteiger partial charge in [0.1, 0.15) is 0 Å². The predicted octanol–water partition coefficient (Wildman–Crippen LogP) is 2.25. The number of allylic oxidation sites excluding steroid dienone is 1. The van der Waals surface area contributed by atoms with Gasteiger partial charge in [0.25, 0.3) is 0 Å². The van der Waals surface area contributed by atoms with Gasteiger partial charge >= 0.3 is 0 Å². The largest absolute Gasteiger partial charge is 0.300 e. The molecule has 2 heteroatoms. The lowest BCUT2D eigenvalue weighted by Crippen LogP contribution is -2.24. The second kappa shape index (κ2) is 4.26. The second-order valence-electron chi connectivity index (χ2n) is 5.16. The minimum absolute atomic E-state index is 0.220. The highest BCUT2D eigenvalue weighted by atomic mass is 16.1. The number of ketones is 1. The molecule has 1 aliphatic heterocycles. The maximum absolute atomic E-state index is 11.6. The Morgan fingerprint density at radius 3 is 2.50 bits per heavy atom. The fourth-order valence-corrected chi connectivity index (χ4v) is 1.63. The lowest BCUT2D eigenvalue weighted by Gasteiger charge is -2.17. The topological polar surface area (TPSA) is 20.3 Å². The lowest BCUT2D eigenvalue weighted by molar-refractivity contribution is -0.121. The lowest BCUT2D eigenvalue weighted by atomic mass is 9.90. The van der Waals surface area contributed by atoms with Crippen LogP contribution in [0.2, 0.25) is 0 Å². The van der Waals surface area contributed by atoms with Gasteiger partial charge in [0.15, 0.2) is 5.78 Å². The smallest absolute Gasteiger partial charge is 0.160 e. The van der Waals surface area contributed by atoms with Crippen molar-refractivity contribution < 1.29 is 4.79 Å². The minimum atomic E-state index is -0.242. The van der Waals surface area contributed by atoms with E-state index in [2.05, 4.69) is 18.0 Å². The summed E-state index contributed by atoms with van der Waals surface area (Å²) in [5.74, 6) is 0.220. The number of nitrogens with zero attached hydrogens (tertiary/aromatic N) is 1. The van der Waals surface area contributed by atoms with Crippen molar-refractivity contribution in [1.82, 2.24) is 4.90 Å². The molecule has 1 fully saturated rings. The van der Waals surface area contributed by atoms with Crippen LogP contribution in [0.3, 0.4) is 0 Å². The van der Waals surface area contributed by atoms with Gasteiger partial charge in [-0.25, -0.2) is 0 Å². The Balaban J connectivity index is 2.51. The SMILES string of the molecule is CN1CCCC1/C=C/C(=O)C(C)(C)C. The molecule has 1 rings (SSSR count). The fourth-order valence-electron chi connectivity index (χ4n) is 1.63. The average molecular weight is 195 g/mol. The Labute approximate surface area is 87.0 Å². The minimum Gasteiger partial charge on any atom is -0.300 e. The van der Waals surface area contributed by atoms with Crippen molar-refractivity contribution in [2.45, 2.75) is 39.7 Å². The standard InChI is InChI=1S/C12H21NO/c1-12(2,3)11(14)8-7-10-6-5-9-13(10)4/h7-8,10H,5-6,9H2,1-4H3/b8-7+. The average Bonchev–Trinajstić information content (AvgIpc) is 2.45. The van der Waals surface area contributed by atoms with Crippen LogP contribution in [0, 0.1) is 5.41 Å². The summed E-state index contributed by atoms with van der Waals surface area (Å²) in [5.41, 5.74) is -0.242. The summed E-state index contributed by atoms with van der Waals surface area (Å²) in [5, 5.41) is 0. The Hall–Kier alpha value is -0.630. The van der Waals surface area contributed by atoms with Gasteiger partial charge in [0.05, 0.1) is 0 Å². The number of carbonyl (C=O) groups is 1. The maximum Gasteiger partial charge on any atom is 0.160 e. The highest BCUT2D eigenvalue weighted by Crippen LogP contribution is 2.18. The molecule has 1 heterocycles. The third-order valence-corrected chi connectivity index (χ3v) is 2.79. The first-order valence-corrected chi connectivity index (χ1v) is 5.34. The molecule has 0 aromatic heterocycles. The second-order valence-corrected chi connectivity index (χ2v) is 5.16. The van der Waals surface area contributed by atoms with Crippen LogP contribution in [-0.4, -0.2) is 30.3 Å². The van der Waals surface area contributed by atoms with Crippen LogP contribution in [0.15, 0.2) is 12.2 Å². The number of hydrogen-bond acceptors (Lipinski definition) is 2. The molecular formula is C12H21NO. The van der Waals surface area contributed by atoms with Crippen LogP contribution >= 0.6 is 0 Å². The Kier molecular flexibility index (Phi) is 3.48. The molecule has 0 amide bonds. The van der Waals surface area contributed by atoms with E-state index in [-0.39, 0.29) is 11.2 Å². The van der Waals surface area contributed by atoms with Gasteiger partial charge in [0.2, 0.25) is 0 Å². The maximum atomic E-state index is 11.6. The molecule has 1 aliphatic rings. The van der Waals surface area contributed by atoms with Crippen LogP contribution in [0.4, 0.5) is 0 Å². The van der Waals surface area contributed by atoms with E-state index < -0.39 is 0 Å². The van der Waals surface area contributed by atoms with Gasteiger partial charge < -0.3 is 0 Å². The number of hydrogen-bond donors (Lipinski definition) is 0. The molecule has 0 bridgehead atoms. The summed E-state index contributed by atoms with van der Waals surface area (Å²) in [6.45, 7) is 7.02. The Bertz CT molecular complexity index is 237. The quantitative estimate of drug-likeness (QED) is 0.630. The first-order valence-electron chi connectivity index (χ1n) is 5.34. The third kappa shape index (κ3) is 2.95. The van der Waals surface area contributed by atoms with Crippen LogP contribution in [0.5, 0.6) is 0 Å². The zero-order valence-corrected chi connectivity index (χ0v) is 9.71. The van der Waals surface area contributed by atoms with E-state index in [1.165, 1.54) is 12.8 Å². The summed E-state index contributed by atoms with van der Waals surface area (Å²) in [6, 6.07) is 0.473. The summed E-state index contributed by atoms with van der Waals surface area (Å²) in [4.78, 5) is 13.9. The monoisotopic (exact) mass is 195 g/mol. The molecule has 0 aromatic carbocycles. The molecule has 14 heavy (non-hydrogen) atoms. The van der Waals surface area contributed by atoms with Gasteiger partial charge in [-0.3, -0.25) is 9.69 Å². The molecule has 1 atom stereocenters. The van der Waals surface area contributed by atoms with Crippen LogP contribution < -0.4 is 0 Å². The normalized spacial score (nSPS) is 24.7. The van der Waals surface area contributed by atoms with Crippen molar-refractivity contribution in [3.63, 3.8) is 0 Å². The van der Waals surface area contributed by atoms with Crippen molar-refractivity contribution in [3.8, 4) is 0 Å². The van der Waals surface area contributed by atoms with Gasteiger partial charge in [-0.15, -0.1) is 0 Å². The molecule has 0 N–H and O–H groups in total. The summed E-state index contributed by atoms with van der Waals surface area (Å²) < 4.78 is 0. The van der Waals surface area contributed by atoms with Gasteiger partial charge in [0, 0.05) is 11.5 Å². The molecular weight excluding hydrogens is 174 g/mol. The third-order valence-electron chi connectivity index (χ3n) is 2.79. The van der Waals surface area contributed by atoms with E-state index in [0.29, 0.717) is 6.04 Å². The van der Waals surface area contributed by atoms with Crippen LogP contribution in [0.25, 0.3) is 0 Å². The van der Waals surface area contributed by atoms with Crippen LogP contribution in [0.1, 0.15) is 33.6 Å². The highest BCUT2D eigenvalue weighted by Gasteiger charge is 2.21. The van der Waals surface area contributed by atoms with Crippen molar-refractivity contribution in [3.05, 3.63) is 12.2 Å². The van der Waals surface area contributed by atoms with Crippen LogP contribution in [-0.2, 0) is 4.79 Å². The first kappa shape index (κ1) is 11.4. The summed E-state index contributed by atoms with van der Waals surface area (Å²) >= 11 is 0. The van der Waals surface area contributed by atoms with Crippen molar-refractivity contribution in [2.75, 3.05) is 13.6 Å². The molecule has 80 valence electrons. The zero-order chi connectivity index (χ0) is 10.8. The van der Waals surface area contributed by atoms with Gasteiger partial charge in [-0.1, -0.05) is 26.8 Å². The Morgan fingerprint density at radius 1 is 1.43 bits per heavy atom. The first-order chi connectivity index (χ1) is 6.41. The zero-order valence-electron chi connectivity index (χ0n) is 9.71. The number of rotatable bonds is 2. The fraction of sp³-hybridized carbons (Fsp3) is 0.750. The van der Waals surface area contributed by atoms with Crippen molar-refractivity contribution in [1.29, 1.82) is 0 Å². The van der Waals surface area contributed by atoms with E-state index in [1.54, 1.807) is 6.08 Å². The van der Waals surface area contributed by atoms with Gasteiger partial charge in [-0.05, 0) is 32.5 Å². The highest BCUT2D eigenvalue weighted by molar-refractivity contribution is 5.93. The molecule has 0 radical (unpaired) electrons. The molecule has 1 saturated heterocycles. The molecule has 0 aliphatic carbocycles. The van der Waals surface area contributed by atoms with Crippen molar-refractivity contribution in [2.24, 2.45) is 5.41 Å².